The Bertz CT molecular complexity index is 835. The van der Waals surface area contributed by atoms with E-state index in [9.17, 15) is 13.2 Å². The molecule has 1 atom stereocenters. The van der Waals surface area contributed by atoms with Gasteiger partial charge in [0.2, 0.25) is 5.91 Å². The first kappa shape index (κ1) is 16.5. The molecule has 120 valence electrons. The van der Waals surface area contributed by atoms with Gasteiger partial charge >= 0.3 is 0 Å². The number of aromatic amines is 1. The molecule has 1 amide bonds. The van der Waals surface area contributed by atoms with Gasteiger partial charge < -0.3 is 10.3 Å². The van der Waals surface area contributed by atoms with Gasteiger partial charge in [0.1, 0.15) is 5.25 Å². The number of amides is 1. The molecule has 1 aromatic carbocycles. The molecule has 0 aliphatic heterocycles. The average molecular weight is 322 g/mol. The van der Waals surface area contributed by atoms with Gasteiger partial charge in [0.25, 0.3) is 0 Å². The third-order valence-electron chi connectivity index (χ3n) is 4.11. The summed E-state index contributed by atoms with van der Waals surface area (Å²) in [4.78, 5) is 15.3. The summed E-state index contributed by atoms with van der Waals surface area (Å²) < 4.78 is 22.9. The number of carbonyl (C=O) groups is 1. The van der Waals surface area contributed by atoms with Crippen LogP contribution in [-0.2, 0) is 21.2 Å². The number of hydrogen-bond acceptors (Lipinski definition) is 3. The highest BCUT2D eigenvalue weighted by molar-refractivity contribution is 7.92. The minimum Gasteiger partial charge on any atom is -0.358 e. The third kappa shape index (κ3) is 3.16. The van der Waals surface area contributed by atoms with Gasteiger partial charge in [0.05, 0.1) is 5.52 Å². The van der Waals surface area contributed by atoms with Crippen LogP contribution < -0.4 is 5.32 Å². The lowest BCUT2D eigenvalue weighted by molar-refractivity contribution is -0.120. The lowest BCUT2D eigenvalue weighted by Gasteiger charge is -2.11. The molecule has 6 heteroatoms. The molecule has 0 saturated carbocycles. The number of aryl methyl sites for hydroxylation is 3. The van der Waals surface area contributed by atoms with E-state index in [0.717, 1.165) is 34.0 Å². The fourth-order valence-electron chi connectivity index (χ4n) is 2.45. The number of benzene rings is 1. The van der Waals surface area contributed by atoms with Crippen LogP contribution in [0, 0.1) is 20.8 Å². The van der Waals surface area contributed by atoms with Crippen LogP contribution in [0.15, 0.2) is 12.1 Å². The van der Waals surface area contributed by atoms with Crippen LogP contribution in [0.3, 0.4) is 0 Å². The largest absolute Gasteiger partial charge is 0.358 e. The van der Waals surface area contributed by atoms with Crippen molar-refractivity contribution in [3.8, 4) is 0 Å². The Labute approximate surface area is 131 Å². The number of fused-ring (bicyclic) bond motifs is 1. The van der Waals surface area contributed by atoms with Crippen LogP contribution in [0.5, 0.6) is 0 Å². The van der Waals surface area contributed by atoms with Gasteiger partial charge in [-0.15, -0.1) is 0 Å². The summed E-state index contributed by atoms with van der Waals surface area (Å²) in [6, 6.07) is 4.11. The fourth-order valence-corrected chi connectivity index (χ4v) is 2.92. The Morgan fingerprint density at radius 1 is 1.27 bits per heavy atom. The van der Waals surface area contributed by atoms with E-state index in [1.54, 1.807) is 0 Å². The van der Waals surface area contributed by atoms with E-state index < -0.39 is 21.0 Å². The maximum Gasteiger partial charge on any atom is 0.238 e. The molecular formula is C16H22N2O3S. The number of nitrogens with one attached hydrogen (secondary N) is 2. The van der Waals surface area contributed by atoms with E-state index in [-0.39, 0.29) is 0 Å². The highest BCUT2D eigenvalue weighted by Crippen LogP contribution is 2.26. The van der Waals surface area contributed by atoms with Gasteiger partial charge in [-0.1, -0.05) is 11.6 Å². The molecule has 0 spiro atoms. The van der Waals surface area contributed by atoms with E-state index in [4.69, 9.17) is 0 Å². The fraction of sp³-hybridized carbons (Fsp3) is 0.438. The first-order valence-electron chi connectivity index (χ1n) is 7.16. The van der Waals surface area contributed by atoms with Gasteiger partial charge in [-0.25, -0.2) is 8.42 Å². The van der Waals surface area contributed by atoms with Gasteiger partial charge in [-0.2, -0.15) is 0 Å². The van der Waals surface area contributed by atoms with Crippen molar-refractivity contribution in [3.05, 3.63) is 34.5 Å². The second kappa shape index (κ2) is 5.76. The molecule has 2 aromatic rings. The Hall–Kier alpha value is -1.82. The summed E-state index contributed by atoms with van der Waals surface area (Å²) in [5.74, 6) is -0.475. The summed E-state index contributed by atoms with van der Waals surface area (Å²) in [6.07, 6.45) is 1.07. The molecular weight excluding hydrogens is 300 g/mol. The number of sulfone groups is 1. The molecule has 22 heavy (non-hydrogen) atoms. The van der Waals surface area contributed by atoms with Gasteiger partial charge in [-0.05, 0) is 44.9 Å². The summed E-state index contributed by atoms with van der Waals surface area (Å²) in [5.41, 5.74) is 5.34. The van der Waals surface area contributed by atoms with Crippen molar-refractivity contribution in [2.75, 3.05) is 6.26 Å². The molecule has 0 fully saturated rings. The normalized spacial score (nSPS) is 13.3. The maximum atomic E-state index is 12.0. The molecule has 2 rings (SSSR count). The Kier molecular flexibility index (Phi) is 4.33. The van der Waals surface area contributed by atoms with Crippen LogP contribution >= 0.6 is 0 Å². The molecule has 0 saturated heterocycles. The van der Waals surface area contributed by atoms with Gasteiger partial charge in [0, 0.05) is 23.9 Å². The van der Waals surface area contributed by atoms with E-state index >= 15 is 0 Å². The van der Waals surface area contributed by atoms with Crippen molar-refractivity contribution in [1.82, 2.24) is 10.3 Å². The second-order valence-electron chi connectivity index (χ2n) is 5.91. The summed E-state index contributed by atoms with van der Waals surface area (Å²) >= 11 is 0. The summed E-state index contributed by atoms with van der Waals surface area (Å²) in [7, 11) is -3.38. The standard InChI is InChI=1S/C16H22N2O3S/c1-9-6-13(8-17-16(19)12(4)22(5,20)21)15-14(7-9)10(2)11(3)18-15/h6-7,12,18H,8H2,1-5H3,(H,17,19)/t12-/m1/s1. The monoisotopic (exact) mass is 322 g/mol. The Morgan fingerprint density at radius 2 is 1.91 bits per heavy atom. The highest BCUT2D eigenvalue weighted by atomic mass is 32.2. The lowest BCUT2D eigenvalue weighted by Crippen LogP contribution is -2.37. The molecule has 0 radical (unpaired) electrons. The van der Waals surface area contributed by atoms with Crippen LogP contribution in [0.1, 0.15) is 29.3 Å². The Morgan fingerprint density at radius 3 is 2.50 bits per heavy atom. The van der Waals surface area contributed by atoms with Gasteiger partial charge in [0.15, 0.2) is 9.84 Å². The molecule has 5 nitrogen and oxygen atoms in total. The SMILES string of the molecule is Cc1cc(CNC(=O)[C@@H](C)S(C)(=O)=O)c2[nH]c(C)c(C)c2c1. The zero-order valence-corrected chi connectivity index (χ0v) is 14.4. The smallest absolute Gasteiger partial charge is 0.238 e. The maximum absolute atomic E-state index is 12.0. The molecule has 0 aliphatic rings. The van der Waals surface area contributed by atoms with Crippen molar-refractivity contribution in [2.24, 2.45) is 0 Å². The number of H-pyrrole nitrogens is 1. The number of rotatable bonds is 4. The first-order valence-corrected chi connectivity index (χ1v) is 9.11. The van der Waals surface area contributed by atoms with Crippen molar-refractivity contribution in [2.45, 2.75) is 39.5 Å². The zero-order valence-electron chi connectivity index (χ0n) is 13.6. The molecule has 1 heterocycles. The average Bonchev–Trinajstić information content (AvgIpc) is 2.70. The van der Waals surface area contributed by atoms with Gasteiger partial charge in [-0.3, -0.25) is 4.79 Å². The van der Waals surface area contributed by atoms with Crippen LogP contribution in [0.2, 0.25) is 0 Å². The van der Waals surface area contributed by atoms with E-state index in [0.29, 0.717) is 6.54 Å². The lowest BCUT2D eigenvalue weighted by atomic mass is 10.0. The van der Waals surface area contributed by atoms with E-state index in [2.05, 4.69) is 23.3 Å². The molecule has 0 aliphatic carbocycles. The van der Waals surface area contributed by atoms with Crippen molar-refractivity contribution in [1.29, 1.82) is 0 Å². The van der Waals surface area contributed by atoms with Crippen molar-refractivity contribution in [3.63, 3.8) is 0 Å². The van der Waals surface area contributed by atoms with E-state index in [1.807, 2.05) is 19.9 Å². The summed E-state index contributed by atoms with van der Waals surface area (Å²) in [6.45, 7) is 7.78. The molecule has 2 N–H and O–H groups in total. The summed E-state index contributed by atoms with van der Waals surface area (Å²) in [5, 5.41) is 2.81. The van der Waals surface area contributed by atoms with E-state index in [1.165, 1.54) is 12.5 Å². The first-order chi connectivity index (χ1) is 10.1. The molecule has 0 unspecified atom stereocenters. The predicted octanol–water partition coefficient (Wildman–Crippen LogP) is 2.14. The molecule has 0 bridgehead atoms. The minimum atomic E-state index is -3.38. The predicted molar refractivity (Wildman–Crippen MR) is 88.7 cm³/mol. The quantitative estimate of drug-likeness (QED) is 0.905. The molecule has 1 aromatic heterocycles. The Balaban J connectivity index is 2.29. The van der Waals surface area contributed by atoms with Crippen molar-refractivity contribution >= 4 is 26.6 Å². The van der Waals surface area contributed by atoms with Crippen LogP contribution in [-0.4, -0.2) is 30.8 Å². The zero-order chi connectivity index (χ0) is 16.7. The second-order valence-corrected chi connectivity index (χ2v) is 8.28. The highest BCUT2D eigenvalue weighted by Gasteiger charge is 2.23. The minimum absolute atomic E-state index is 0.302. The third-order valence-corrected chi connectivity index (χ3v) is 5.61. The number of hydrogen-bond donors (Lipinski definition) is 2. The van der Waals surface area contributed by atoms with Crippen LogP contribution in [0.25, 0.3) is 10.9 Å². The van der Waals surface area contributed by atoms with Crippen molar-refractivity contribution < 1.29 is 13.2 Å². The number of aromatic nitrogens is 1. The number of carbonyl (C=O) groups excluding carboxylic acids is 1. The topological polar surface area (TPSA) is 79.0 Å². The van der Waals surface area contributed by atoms with Crippen LogP contribution in [0.4, 0.5) is 0 Å².